The highest BCUT2D eigenvalue weighted by Crippen LogP contribution is 2.35. The molecule has 0 spiro atoms. The lowest BCUT2D eigenvalue weighted by molar-refractivity contribution is -0.122. The van der Waals surface area contributed by atoms with Crippen LogP contribution < -0.4 is 15.1 Å². The highest BCUT2D eigenvalue weighted by molar-refractivity contribution is 7.09. The smallest absolute Gasteiger partial charge is 0.335 e. The SMILES string of the molecule is O=C(O)c1ccc2c(c1)N(C(=O)CNCc1ccco1)CC(=O)N2CCc1cccs1. The fourth-order valence-electron chi connectivity index (χ4n) is 3.49. The molecule has 1 aliphatic heterocycles. The Morgan fingerprint density at radius 3 is 2.74 bits per heavy atom. The molecule has 3 aromatic rings. The van der Waals surface area contributed by atoms with Crippen molar-refractivity contribution in [2.45, 2.75) is 13.0 Å². The number of carbonyl (C=O) groups is 3. The number of aromatic carboxylic acids is 1. The molecule has 8 nitrogen and oxygen atoms in total. The Labute approximate surface area is 182 Å². The molecule has 2 amide bonds. The third kappa shape index (κ3) is 4.68. The van der Waals surface area contributed by atoms with Crippen molar-refractivity contribution in [1.29, 1.82) is 0 Å². The molecule has 9 heteroatoms. The molecule has 0 radical (unpaired) electrons. The summed E-state index contributed by atoms with van der Waals surface area (Å²) in [6.07, 6.45) is 2.23. The number of nitrogens with one attached hydrogen (secondary N) is 1. The highest BCUT2D eigenvalue weighted by Gasteiger charge is 2.33. The number of hydrogen-bond donors (Lipinski definition) is 2. The molecule has 4 rings (SSSR count). The van der Waals surface area contributed by atoms with Gasteiger partial charge in [-0.2, -0.15) is 0 Å². The van der Waals surface area contributed by atoms with Crippen LogP contribution in [0.3, 0.4) is 0 Å². The summed E-state index contributed by atoms with van der Waals surface area (Å²) in [5, 5.41) is 14.4. The zero-order chi connectivity index (χ0) is 21.8. The van der Waals surface area contributed by atoms with Crippen molar-refractivity contribution >= 4 is 40.5 Å². The summed E-state index contributed by atoms with van der Waals surface area (Å²) < 4.78 is 5.24. The molecule has 2 N–H and O–H groups in total. The van der Waals surface area contributed by atoms with Crippen molar-refractivity contribution in [3.63, 3.8) is 0 Å². The van der Waals surface area contributed by atoms with Crippen LogP contribution in [0.5, 0.6) is 0 Å². The number of thiophene rings is 1. The van der Waals surface area contributed by atoms with Crippen LogP contribution in [0, 0.1) is 0 Å². The van der Waals surface area contributed by atoms with Crippen LogP contribution in [0.2, 0.25) is 0 Å². The summed E-state index contributed by atoms with van der Waals surface area (Å²) in [7, 11) is 0. The Morgan fingerprint density at radius 1 is 1.16 bits per heavy atom. The van der Waals surface area contributed by atoms with Crippen molar-refractivity contribution in [1.82, 2.24) is 5.32 Å². The Balaban J connectivity index is 1.55. The maximum atomic E-state index is 12.9. The van der Waals surface area contributed by atoms with Gasteiger partial charge in [-0.1, -0.05) is 6.07 Å². The normalized spacial score (nSPS) is 13.4. The van der Waals surface area contributed by atoms with E-state index in [1.165, 1.54) is 17.0 Å². The minimum atomic E-state index is -1.09. The summed E-state index contributed by atoms with van der Waals surface area (Å²) >= 11 is 1.62. The van der Waals surface area contributed by atoms with Gasteiger partial charge in [0, 0.05) is 11.4 Å². The molecule has 0 unspecified atom stereocenters. The van der Waals surface area contributed by atoms with E-state index in [4.69, 9.17) is 4.42 Å². The lowest BCUT2D eigenvalue weighted by Crippen LogP contribution is -2.50. The van der Waals surface area contributed by atoms with E-state index in [0.717, 1.165) is 4.88 Å². The molecule has 0 aliphatic carbocycles. The maximum absolute atomic E-state index is 12.9. The fourth-order valence-corrected chi connectivity index (χ4v) is 4.18. The van der Waals surface area contributed by atoms with E-state index in [-0.39, 0.29) is 30.5 Å². The number of carboxylic acid groups (broad SMARTS) is 1. The van der Waals surface area contributed by atoms with E-state index in [2.05, 4.69) is 5.32 Å². The number of carbonyl (C=O) groups excluding carboxylic acids is 2. The molecular formula is C22H21N3O5S. The monoisotopic (exact) mass is 439 g/mol. The van der Waals surface area contributed by atoms with Gasteiger partial charge in [0.2, 0.25) is 11.8 Å². The second-order valence-electron chi connectivity index (χ2n) is 7.05. The number of hydrogen-bond acceptors (Lipinski definition) is 6. The minimum Gasteiger partial charge on any atom is -0.478 e. The van der Waals surface area contributed by atoms with Crippen LogP contribution in [0.15, 0.2) is 58.5 Å². The van der Waals surface area contributed by atoms with E-state index in [1.807, 2.05) is 17.5 Å². The number of fused-ring (bicyclic) bond motifs is 1. The molecule has 0 fully saturated rings. The van der Waals surface area contributed by atoms with E-state index in [0.29, 0.717) is 36.6 Å². The summed E-state index contributed by atoms with van der Waals surface area (Å²) in [6, 6.07) is 12.0. The Hall–Kier alpha value is -3.43. The molecule has 31 heavy (non-hydrogen) atoms. The van der Waals surface area contributed by atoms with Gasteiger partial charge in [-0.25, -0.2) is 4.79 Å². The molecule has 0 saturated heterocycles. The number of furan rings is 1. The number of carboxylic acids is 1. The van der Waals surface area contributed by atoms with E-state index >= 15 is 0 Å². The maximum Gasteiger partial charge on any atom is 0.335 e. The second-order valence-corrected chi connectivity index (χ2v) is 8.08. The quantitative estimate of drug-likeness (QED) is 0.560. The number of nitrogens with zero attached hydrogens (tertiary/aromatic N) is 2. The van der Waals surface area contributed by atoms with Gasteiger partial charge in [0.05, 0.1) is 36.3 Å². The molecular weight excluding hydrogens is 418 g/mol. The Morgan fingerprint density at radius 2 is 2.03 bits per heavy atom. The molecule has 1 aliphatic rings. The molecule has 2 aromatic heterocycles. The molecule has 0 atom stereocenters. The van der Waals surface area contributed by atoms with Crippen molar-refractivity contribution in [2.24, 2.45) is 0 Å². The standard InChI is InChI=1S/C22H21N3O5S/c26-20(13-23-12-16-3-1-9-30-16)25-14-21(27)24(8-7-17-4-2-10-31-17)18-6-5-15(22(28)29)11-19(18)25/h1-6,9-11,23H,7-8,12-14H2,(H,28,29). The van der Waals surface area contributed by atoms with Crippen LogP contribution in [0.25, 0.3) is 0 Å². The van der Waals surface area contributed by atoms with Crippen molar-refractivity contribution < 1.29 is 23.9 Å². The van der Waals surface area contributed by atoms with Crippen LogP contribution in [-0.4, -0.2) is 42.5 Å². The molecule has 160 valence electrons. The average molecular weight is 439 g/mol. The van der Waals surface area contributed by atoms with Gasteiger partial charge < -0.3 is 19.7 Å². The van der Waals surface area contributed by atoms with Gasteiger partial charge in [-0.05, 0) is 48.2 Å². The van der Waals surface area contributed by atoms with Crippen molar-refractivity contribution in [2.75, 3.05) is 29.4 Å². The summed E-state index contributed by atoms with van der Waals surface area (Å²) in [5.41, 5.74) is 1.03. The topological polar surface area (TPSA) is 103 Å². The first kappa shape index (κ1) is 20.8. The molecule has 3 heterocycles. The summed E-state index contributed by atoms with van der Waals surface area (Å²) in [5.74, 6) is -0.919. The van der Waals surface area contributed by atoms with Gasteiger partial charge >= 0.3 is 5.97 Å². The first-order valence-corrected chi connectivity index (χ1v) is 10.6. The zero-order valence-corrected chi connectivity index (χ0v) is 17.4. The van der Waals surface area contributed by atoms with E-state index in [1.54, 1.807) is 40.7 Å². The van der Waals surface area contributed by atoms with Crippen molar-refractivity contribution in [3.8, 4) is 0 Å². The van der Waals surface area contributed by atoms with Crippen LogP contribution in [0.4, 0.5) is 11.4 Å². The first-order chi connectivity index (χ1) is 15.0. The number of anilines is 2. The van der Waals surface area contributed by atoms with Gasteiger partial charge in [-0.3, -0.25) is 14.5 Å². The van der Waals surface area contributed by atoms with Crippen LogP contribution in [-0.2, 0) is 22.6 Å². The fraction of sp³-hybridized carbons (Fsp3) is 0.227. The van der Waals surface area contributed by atoms with Crippen LogP contribution in [0.1, 0.15) is 21.0 Å². The van der Waals surface area contributed by atoms with E-state index < -0.39 is 5.97 Å². The highest BCUT2D eigenvalue weighted by atomic mass is 32.1. The Kier molecular flexibility index (Phi) is 6.15. The van der Waals surface area contributed by atoms with Gasteiger partial charge in [-0.15, -0.1) is 11.3 Å². The summed E-state index contributed by atoms with van der Waals surface area (Å²) in [6.45, 7) is 0.675. The second kappa shape index (κ2) is 9.15. The van der Waals surface area contributed by atoms with Crippen molar-refractivity contribution in [3.05, 3.63) is 70.3 Å². The lowest BCUT2D eigenvalue weighted by atomic mass is 10.1. The molecule has 0 bridgehead atoms. The predicted molar refractivity (Wildman–Crippen MR) is 117 cm³/mol. The lowest BCUT2D eigenvalue weighted by Gasteiger charge is -2.36. The first-order valence-electron chi connectivity index (χ1n) is 9.76. The van der Waals surface area contributed by atoms with Gasteiger partial charge in [0.1, 0.15) is 12.3 Å². The minimum absolute atomic E-state index is 0.0140. The number of rotatable bonds is 8. The Bertz CT molecular complexity index is 1080. The predicted octanol–water partition coefficient (Wildman–Crippen LogP) is 2.75. The third-order valence-electron chi connectivity index (χ3n) is 5.02. The average Bonchev–Trinajstić information content (AvgIpc) is 3.46. The molecule has 0 saturated carbocycles. The third-order valence-corrected chi connectivity index (χ3v) is 5.95. The van der Waals surface area contributed by atoms with E-state index in [9.17, 15) is 19.5 Å². The number of amides is 2. The zero-order valence-electron chi connectivity index (χ0n) is 16.6. The van der Waals surface area contributed by atoms with Crippen LogP contribution >= 0.6 is 11.3 Å². The largest absolute Gasteiger partial charge is 0.478 e. The number of benzene rings is 1. The molecule has 1 aromatic carbocycles. The van der Waals surface area contributed by atoms with Gasteiger partial charge in [0.15, 0.2) is 0 Å². The van der Waals surface area contributed by atoms with Gasteiger partial charge in [0.25, 0.3) is 0 Å². The summed E-state index contributed by atoms with van der Waals surface area (Å²) in [4.78, 5) is 41.4.